The van der Waals surface area contributed by atoms with Crippen molar-refractivity contribution in [3.8, 4) is 5.75 Å². The minimum absolute atomic E-state index is 0.189. The fourth-order valence-electron chi connectivity index (χ4n) is 3.55. The lowest BCUT2D eigenvalue weighted by molar-refractivity contribution is 0.0955. The van der Waals surface area contributed by atoms with Gasteiger partial charge in [-0.15, -0.1) is 0 Å². The molecule has 150 valence electrons. The molecule has 4 aromatic rings. The molecule has 0 aliphatic rings. The number of phenolic OH excluding ortho intramolecular Hbond substituents is 1. The topological polar surface area (TPSA) is 66.6 Å². The van der Waals surface area contributed by atoms with Crippen LogP contribution in [0.15, 0.2) is 77.9 Å². The molecule has 1 amide bonds. The van der Waals surface area contributed by atoms with Crippen LogP contribution in [0.1, 0.15) is 32.7 Å². The van der Waals surface area contributed by atoms with Crippen LogP contribution in [0.3, 0.4) is 0 Å². The maximum atomic E-state index is 12.6. The average molecular weight is 397 g/mol. The number of aromatic nitrogens is 1. The number of benzene rings is 3. The first kappa shape index (κ1) is 19.5. The molecule has 0 aliphatic carbocycles. The highest BCUT2D eigenvalue weighted by molar-refractivity contribution is 5.99. The van der Waals surface area contributed by atoms with Gasteiger partial charge in [0.05, 0.1) is 6.21 Å². The summed E-state index contributed by atoms with van der Waals surface area (Å²) < 4.78 is 2.28. The number of aryl methyl sites for hydroxylation is 1. The summed E-state index contributed by atoms with van der Waals surface area (Å²) in [6.45, 7) is 4.99. The summed E-state index contributed by atoms with van der Waals surface area (Å²) in [4.78, 5) is 12.6. The molecule has 5 heteroatoms. The van der Waals surface area contributed by atoms with Gasteiger partial charge in [0.2, 0.25) is 0 Å². The van der Waals surface area contributed by atoms with Crippen molar-refractivity contribution in [2.45, 2.75) is 20.4 Å². The Bertz CT molecular complexity index is 1220. The molecule has 5 nitrogen and oxygen atoms in total. The van der Waals surface area contributed by atoms with Gasteiger partial charge in [-0.25, -0.2) is 5.43 Å². The largest absolute Gasteiger partial charge is 0.508 e. The zero-order valence-corrected chi connectivity index (χ0v) is 17.0. The van der Waals surface area contributed by atoms with Crippen LogP contribution in [0, 0.1) is 13.8 Å². The van der Waals surface area contributed by atoms with Crippen molar-refractivity contribution in [1.82, 2.24) is 9.99 Å². The number of aromatic hydroxyl groups is 1. The molecular formula is C25H23N3O2. The van der Waals surface area contributed by atoms with E-state index in [1.54, 1.807) is 30.5 Å². The highest BCUT2D eigenvalue weighted by Gasteiger charge is 2.14. The zero-order valence-electron chi connectivity index (χ0n) is 17.0. The fraction of sp³-hybridized carbons (Fsp3) is 0.120. The van der Waals surface area contributed by atoms with Crippen molar-refractivity contribution in [2.24, 2.45) is 5.10 Å². The van der Waals surface area contributed by atoms with E-state index in [2.05, 4.69) is 41.1 Å². The summed E-state index contributed by atoms with van der Waals surface area (Å²) in [6.07, 6.45) is 1.54. The van der Waals surface area contributed by atoms with Gasteiger partial charge in [0.15, 0.2) is 0 Å². The normalized spacial score (nSPS) is 11.3. The molecule has 1 heterocycles. The second-order valence-electron chi connectivity index (χ2n) is 7.30. The molecule has 0 unspecified atom stereocenters. The van der Waals surface area contributed by atoms with Crippen molar-refractivity contribution in [3.05, 3.63) is 101 Å². The molecule has 0 radical (unpaired) electrons. The van der Waals surface area contributed by atoms with Crippen LogP contribution in [-0.4, -0.2) is 21.8 Å². The molecule has 0 saturated heterocycles. The third-order valence-corrected chi connectivity index (χ3v) is 5.36. The number of nitrogens with one attached hydrogen (secondary N) is 1. The number of phenols is 1. The van der Waals surface area contributed by atoms with Gasteiger partial charge in [-0.2, -0.15) is 5.10 Å². The molecule has 4 rings (SSSR count). The third-order valence-electron chi connectivity index (χ3n) is 5.36. The van der Waals surface area contributed by atoms with Crippen LogP contribution in [0.25, 0.3) is 10.9 Å². The molecule has 30 heavy (non-hydrogen) atoms. The number of hydrogen-bond acceptors (Lipinski definition) is 3. The first-order chi connectivity index (χ1) is 14.5. The number of rotatable bonds is 5. The molecule has 0 spiro atoms. The Labute approximate surface area is 175 Å². The highest BCUT2D eigenvalue weighted by atomic mass is 16.3. The lowest BCUT2D eigenvalue weighted by Gasteiger charge is -2.09. The SMILES string of the molecule is Cc1c(C)n(Cc2ccccc2)c2ccc(C(=O)N/N=C/c3ccc(O)cc3)cc12. The number of amides is 1. The van der Waals surface area contributed by atoms with Crippen molar-refractivity contribution in [1.29, 1.82) is 0 Å². The summed E-state index contributed by atoms with van der Waals surface area (Å²) in [5.41, 5.74) is 8.62. The van der Waals surface area contributed by atoms with Crippen LogP contribution in [0.4, 0.5) is 0 Å². The van der Waals surface area contributed by atoms with E-state index in [-0.39, 0.29) is 11.7 Å². The van der Waals surface area contributed by atoms with Crippen LogP contribution in [0.5, 0.6) is 5.75 Å². The average Bonchev–Trinajstić information content (AvgIpc) is 3.00. The molecule has 0 atom stereocenters. The summed E-state index contributed by atoms with van der Waals surface area (Å²) >= 11 is 0. The Balaban J connectivity index is 1.56. The molecule has 0 saturated carbocycles. The smallest absolute Gasteiger partial charge is 0.271 e. The summed E-state index contributed by atoms with van der Waals surface area (Å²) in [6, 6.07) is 22.7. The van der Waals surface area contributed by atoms with E-state index >= 15 is 0 Å². The number of fused-ring (bicyclic) bond motifs is 1. The number of carbonyl (C=O) groups is 1. The van der Waals surface area contributed by atoms with E-state index in [9.17, 15) is 9.90 Å². The molecule has 0 fully saturated rings. The molecule has 0 bridgehead atoms. The summed E-state index contributed by atoms with van der Waals surface area (Å²) in [5.74, 6) is -0.0749. The standard InChI is InChI=1S/C25H23N3O2/c1-17-18(2)28(16-20-6-4-3-5-7-20)24-13-10-21(14-23(17)24)25(30)27-26-15-19-8-11-22(29)12-9-19/h3-15,29H,16H2,1-2H3,(H,27,30)/b26-15+. The Morgan fingerprint density at radius 1 is 1.03 bits per heavy atom. The van der Waals surface area contributed by atoms with Crippen molar-refractivity contribution < 1.29 is 9.90 Å². The van der Waals surface area contributed by atoms with Gasteiger partial charge in [0.1, 0.15) is 5.75 Å². The van der Waals surface area contributed by atoms with E-state index < -0.39 is 0 Å². The predicted octanol–water partition coefficient (Wildman–Crippen LogP) is 4.78. The number of nitrogens with zero attached hydrogens (tertiary/aromatic N) is 2. The Hall–Kier alpha value is -3.86. The van der Waals surface area contributed by atoms with Crippen LogP contribution in [-0.2, 0) is 6.54 Å². The van der Waals surface area contributed by atoms with Crippen molar-refractivity contribution >= 4 is 23.0 Å². The van der Waals surface area contributed by atoms with Gasteiger partial charge < -0.3 is 9.67 Å². The second kappa shape index (κ2) is 8.25. The zero-order chi connectivity index (χ0) is 21.1. The lowest BCUT2D eigenvalue weighted by atomic mass is 10.1. The van der Waals surface area contributed by atoms with E-state index in [1.165, 1.54) is 16.8 Å². The highest BCUT2D eigenvalue weighted by Crippen LogP contribution is 2.27. The Kier molecular flexibility index (Phi) is 5.35. The van der Waals surface area contributed by atoms with Gasteiger partial charge in [-0.3, -0.25) is 4.79 Å². The third kappa shape index (κ3) is 3.96. The van der Waals surface area contributed by atoms with Gasteiger partial charge in [0, 0.05) is 28.7 Å². The van der Waals surface area contributed by atoms with Crippen LogP contribution in [0.2, 0.25) is 0 Å². The first-order valence-electron chi connectivity index (χ1n) is 9.79. The predicted molar refractivity (Wildman–Crippen MR) is 120 cm³/mol. The van der Waals surface area contributed by atoms with Gasteiger partial charge in [0.25, 0.3) is 5.91 Å². The van der Waals surface area contributed by atoms with Gasteiger partial charge in [-0.1, -0.05) is 30.3 Å². The van der Waals surface area contributed by atoms with E-state index in [0.29, 0.717) is 5.56 Å². The number of carbonyl (C=O) groups excluding carboxylic acids is 1. The second-order valence-corrected chi connectivity index (χ2v) is 7.30. The Morgan fingerprint density at radius 3 is 2.50 bits per heavy atom. The minimum atomic E-state index is -0.264. The fourth-order valence-corrected chi connectivity index (χ4v) is 3.55. The van der Waals surface area contributed by atoms with E-state index in [4.69, 9.17) is 0 Å². The van der Waals surface area contributed by atoms with Crippen molar-refractivity contribution in [2.75, 3.05) is 0 Å². The molecule has 2 N–H and O–H groups in total. The van der Waals surface area contributed by atoms with Gasteiger partial charge >= 0.3 is 0 Å². The quantitative estimate of drug-likeness (QED) is 0.376. The van der Waals surface area contributed by atoms with Gasteiger partial charge in [-0.05, 0) is 73.0 Å². The van der Waals surface area contributed by atoms with Crippen molar-refractivity contribution in [3.63, 3.8) is 0 Å². The number of hydrazone groups is 1. The molecular weight excluding hydrogens is 374 g/mol. The number of hydrogen-bond donors (Lipinski definition) is 2. The van der Waals surface area contributed by atoms with Crippen LogP contribution >= 0.6 is 0 Å². The van der Waals surface area contributed by atoms with E-state index in [0.717, 1.165) is 23.0 Å². The summed E-state index contributed by atoms with van der Waals surface area (Å²) in [7, 11) is 0. The summed E-state index contributed by atoms with van der Waals surface area (Å²) in [5, 5.41) is 14.4. The lowest BCUT2D eigenvalue weighted by Crippen LogP contribution is -2.17. The first-order valence-corrected chi connectivity index (χ1v) is 9.79. The molecule has 3 aromatic carbocycles. The minimum Gasteiger partial charge on any atom is -0.508 e. The van der Waals surface area contributed by atoms with Crippen LogP contribution < -0.4 is 5.43 Å². The molecule has 0 aliphatic heterocycles. The maximum Gasteiger partial charge on any atom is 0.271 e. The maximum absolute atomic E-state index is 12.6. The monoisotopic (exact) mass is 397 g/mol. The van der Waals surface area contributed by atoms with E-state index in [1.807, 2.05) is 36.4 Å². The molecule has 1 aromatic heterocycles. The Morgan fingerprint density at radius 2 is 1.77 bits per heavy atom.